The monoisotopic (exact) mass is 539 g/mol. The van der Waals surface area contributed by atoms with Crippen molar-refractivity contribution in [3.8, 4) is 17.2 Å². The third-order valence-electron chi connectivity index (χ3n) is 6.63. The Labute approximate surface area is 221 Å². The van der Waals surface area contributed by atoms with Gasteiger partial charge >= 0.3 is 0 Å². The molecule has 4 rings (SSSR count). The van der Waals surface area contributed by atoms with E-state index in [1.165, 1.54) is 18.2 Å². The molecular formula is C28H30FN3O5S. The number of benzene rings is 2. The fourth-order valence-corrected chi connectivity index (χ4v) is 5.20. The van der Waals surface area contributed by atoms with Crippen LogP contribution in [0.15, 0.2) is 51.8 Å². The molecule has 0 unspecified atom stereocenters. The lowest BCUT2D eigenvalue weighted by atomic mass is 10.0. The van der Waals surface area contributed by atoms with Crippen molar-refractivity contribution < 1.29 is 26.8 Å². The van der Waals surface area contributed by atoms with Crippen LogP contribution in [0.5, 0.6) is 0 Å². The lowest BCUT2D eigenvalue weighted by Crippen LogP contribution is -2.50. The fraction of sp³-hybridized carbons (Fsp3) is 0.393. The van der Waals surface area contributed by atoms with Gasteiger partial charge in [-0.15, -0.1) is 0 Å². The fourth-order valence-electron chi connectivity index (χ4n) is 4.14. The normalized spacial score (nSPS) is 15.3. The van der Waals surface area contributed by atoms with Crippen molar-refractivity contribution in [2.45, 2.75) is 68.7 Å². The molecule has 10 heteroatoms. The van der Waals surface area contributed by atoms with E-state index >= 15 is 4.39 Å². The first-order chi connectivity index (χ1) is 17.9. The molecule has 1 saturated carbocycles. The average Bonchev–Trinajstić information content (AvgIpc) is 3.57. The van der Waals surface area contributed by atoms with Gasteiger partial charge < -0.3 is 15.1 Å². The summed E-state index contributed by atoms with van der Waals surface area (Å²) in [6, 6.07) is 12.2. The number of hydrogen-bond acceptors (Lipinski definition) is 6. The largest absolute Gasteiger partial charge is 0.448 e. The van der Waals surface area contributed by atoms with E-state index in [2.05, 4.69) is 16.7 Å². The van der Waals surface area contributed by atoms with Crippen LogP contribution in [0.3, 0.4) is 0 Å². The summed E-state index contributed by atoms with van der Waals surface area (Å²) < 4.78 is 45.5. The van der Waals surface area contributed by atoms with Crippen LogP contribution in [0, 0.1) is 23.1 Å². The van der Waals surface area contributed by atoms with Gasteiger partial charge in [-0.2, -0.15) is 5.26 Å². The third-order valence-corrected chi connectivity index (χ3v) is 8.80. The third kappa shape index (κ3) is 5.43. The van der Waals surface area contributed by atoms with E-state index in [4.69, 9.17) is 4.42 Å². The maximum Gasteiger partial charge on any atom is 0.290 e. The molecule has 2 N–H and O–H groups in total. The first-order valence-corrected chi connectivity index (χ1v) is 14.0. The van der Waals surface area contributed by atoms with Gasteiger partial charge in [0, 0.05) is 0 Å². The number of rotatable bonds is 9. The van der Waals surface area contributed by atoms with Crippen molar-refractivity contribution in [2.24, 2.45) is 5.92 Å². The zero-order valence-electron chi connectivity index (χ0n) is 21.7. The summed E-state index contributed by atoms with van der Waals surface area (Å²) in [5.41, 5.74) is 0.581. The highest BCUT2D eigenvalue weighted by Gasteiger charge is 2.45. The Hall–Kier alpha value is -3.71. The number of carbonyl (C=O) groups excluding carboxylic acids is 2. The molecule has 2 amide bonds. The molecule has 0 spiro atoms. The van der Waals surface area contributed by atoms with E-state index in [-0.39, 0.29) is 21.8 Å². The van der Waals surface area contributed by atoms with Crippen molar-refractivity contribution in [1.82, 2.24) is 10.6 Å². The molecule has 0 saturated heterocycles. The molecule has 8 nitrogen and oxygen atoms in total. The van der Waals surface area contributed by atoms with Gasteiger partial charge in [-0.1, -0.05) is 32.0 Å². The van der Waals surface area contributed by atoms with Crippen LogP contribution >= 0.6 is 0 Å². The summed E-state index contributed by atoms with van der Waals surface area (Å²) in [4.78, 5) is 26.0. The molecule has 1 aliphatic rings. The molecule has 38 heavy (non-hydrogen) atoms. The molecular weight excluding hydrogens is 509 g/mol. The number of sulfone groups is 1. The summed E-state index contributed by atoms with van der Waals surface area (Å²) in [5, 5.41) is 14.1. The molecule has 3 aromatic rings. The van der Waals surface area contributed by atoms with E-state index in [1.54, 1.807) is 38.1 Å². The van der Waals surface area contributed by atoms with Crippen molar-refractivity contribution in [3.05, 3.63) is 54.0 Å². The van der Waals surface area contributed by atoms with Gasteiger partial charge in [-0.3, -0.25) is 9.59 Å². The maximum absolute atomic E-state index is 15.2. The van der Waals surface area contributed by atoms with Crippen LogP contribution < -0.4 is 10.6 Å². The quantitative estimate of drug-likeness (QED) is 0.404. The van der Waals surface area contributed by atoms with Gasteiger partial charge in [-0.05, 0) is 74.4 Å². The SMILES string of the molecule is CC(C)C[C@H](NC(=O)c1oc2cc(-c3ccc(S(=O)(=O)C(C)C)cc3)ccc2c1F)C(=O)NC1(C#N)CC1. The molecule has 0 aliphatic heterocycles. The van der Waals surface area contributed by atoms with Crippen LogP contribution in [0.4, 0.5) is 4.39 Å². The first-order valence-electron chi connectivity index (χ1n) is 12.5. The first kappa shape index (κ1) is 27.3. The summed E-state index contributed by atoms with van der Waals surface area (Å²) in [6.45, 7) is 7.00. The Morgan fingerprint density at radius 3 is 2.26 bits per heavy atom. The number of nitrogens with zero attached hydrogens (tertiary/aromatic N) is 1. The van der Waals surface area contributed by atoms with Gasteiger partial charge in [0.1, 0.15) is 17.2 Å². The number of halogens is 1. The van der Waals surface area contributed by atoms with Gasteiger partial charge in [-0.25, -0.2) is 12.8 Å². The van der Waals surface area contributed by atoms with Crippen LogP contribution in [-0.2, 0) is 14.6 Å². The van der Waals surface area contributed by atoms with E-state index < -0.39 is 50.1 Å². The minimum atomic E-state index is -3.41. The maximum atomic E-state index is 15.2. The van der Waals surface area contributed by atoms with Crippen molar-refractivity contribution >= 4 is 32.6 Å². The lowest BCUT2D eigenvalue weighted by molar-refractivity contribution is -0.123. The second-order valence-corrected chi connectivity index (χ2v) is 12.9. The summed E-state index contributed by atoms with van der Waals surface area (Å²) in [5.74, 6) is -2.70. The predicted molar refractivity (Wildman–Crippen MR) is 140 cm³/mol. The second-order valence-electron chi connectivity index (χ2n) is 10.4. The van der Waals surface area contributed by atoms with Gasteiger partial charge in [0.25, 0.3) is 5.91 Å². The van der Waals surface area contributed by atoms with Gasteiger partial charge in [0.15, 0.2) is 15.7 Å². The highest BCUT2D eigenvalue weighted by molar-refractivity contribution is 7.92. The molecule has 1 aliphatic carbocycles. The van der Waals surface area contributed by atoms with Crippen molar-refractivity contribution in [3.63, 3.8) is 0 Å². The van der Waals surface area contributed by atoms with Crippen LogP contribution in [0.1, 0.15) is 57.5 Å². The molecule has 1 aromatic heterocycles. The molecule has 1 fully saturated rings. The molecule has 2 aromatic carbocycles. The number of amides is 2. The smallest absolute Gasteiger partial charge is 0.290 e. The van der Waals surface area contributed by atoms with E-state index in [9.17, 15) is 23.3 Å². The zero-order valence-corrected chi connectivity index (χ0v) is 22.5. The van der Waals surface area contributed by atoms with Crippen molar-refractivity contribution in [2.75, 3.05) is 0 Å². The summed E-state index contributed by atoms with van der Waals surface area (Å²) >= 11 is 0. The molecule has 0 bridgehead atoms. The molecule has 1 atom stereocenters. The Morgan fingerprint density at radius 1 is 1.08 bits per heavy atom. The van der Waals surface area contributed by atoms with Crippen molar-refractivity contribution in [1.29, 1.82) is 5.26 Å². The molecule has 0 radical (unpaired) electrons. The highest BCUT2D eigenvalue weighted by Crippen LogP contribution is 2.34. The number of nitrogens with one attached hydrogen (secondary N) is 2. The molecule has 200 valence electrons. The lowest BCUT2D eigenvalue weighted by Gasteiger charge is -2.21. The molecule has 1 heterocycles. The average molecular weight is 540 g/mol. The van der Waals surface area contributed by atoms with Gasteiger partial charge in [0.05, 0.1) is 21.6 Å². The number of fused-ring (bicyclic) bond motifs is 1. The summed E-state index contributed by atoms with van der Waals surface area (Å²) in [7, 11) is -3.41. The predicted octanol–water partition coefficient (Wildman–Crippen LogP) is 4.74. The Morgan fingerprint density at radius 2 is 1.71 bits per heavy atom. The second kappa shape index (κ2) is 10.2. The number of furan rings is 1. The number of hydrogen-bond donors (Lipinski definition) is 2. The Kier molecular flexibility index (Phi) is 7.35. The van der Waals surface area contributed by atoms with E-state index in [0.29, 0.717) is 30.4 Å². The Balaban J connectivity index is 1.57. The standard InChI is InChI=1S/C28H30FN3O5S/c1-16(2)13-22(26(33)32-28(15-30)11-12-28)31-27(34)25-24(29)21-10-7-19(14-23(21)37-25)18-5-8-20(9-6-18)38(35,36)17(3)4/h5-10,14,16-17,22H,11-13H2,1-4H3,(H,31,34)(H,32,33)/t22-/m0/s1. The number of carbonyl (C=O) groups is 2. The summed E-state index contributed by atoms with van der Waals surface area (Å²) in [6.07, 6.45) is 1.40. The van der Waals surface area contributed by atoms with E-state index in [0.717, 1.165) is 0 Å². The minimum Gasteiger partial charge on any atom is -0.448 e. The Bertz CT molecular complexity index is 1530. The van der Waals surface area contributed by atoms with Crippen LogP contribution in [0.2, 0.25) is 0 Å². The number of nitriles is 1. The van der Waals surface area contributed by atoms with Crippen LogP contribution in [-0.4, -0.2) is 37.1 Å². The van der Waals surface area contributed by atoms with E-state index in [1.807, 2.05) is 13.8 Å². The van der Waals surface area contributed by atoms with Crippen LogP contribution in [0.25, 0.3) is 22.1 Å². The minimum absolute atomic E-state index is 0.0493. The zero-order chi connectivity index (χ0) is 27.8. The highest BCUT2D eigenvalue weighted by atomic mass is 32.2. The van der Waals surface area contributed by atoms with Gasteiger partial charge in [0.2, 0.25) is 11.7 Å². The topological polar surface area (TPSA) is 129 Å².